The Bertz CT molecular complexity index is 1970. The fourth-order valence-corrected chi connectivity index (χ4v) is 7.95. The molecule has 12 nitrogen and oxygen atoms in total. The summed E-state index contributed by atoms with van der Waals surface area (Å²) in [4.78, 5) is 65.4. The minimum absolute atomic E-state index is 0.00396. The summed E-state index contributed by atoms with van der Waals surface area (Å²) >= 11 is 0. The van der Waals surface area contributed by atoms with Crippen molar-refractivity contribution in [3.8, 4) is 11.5 Å². The normalized spacial score (nSPS) is 17.8. The van der Waals surface area contributed by atoms with Crippen LogP contribution in [-0.4, -0.2) is 84.3 Å². The van der Waals surface area contributed by atoms with Gasteiger partial charge in [0.2, 0.25) is 11.3 Å². The Morgan fingerprint density at radius 3 is 2.43 bits per heavy atom. The molecule has 49 heavy (non-hydrogen) atoms. The van der Waals surface area contributed by atoms with Gasteiger partial charge in [0.1, 0.15) is 30.4 Å². The van der Waals surface area contributed by atoms with Crippen molar-refractivity contribution < 1.29 is 42.7 Å². The van der Waals surface area contributed by atoms with Crippen LogP contribution in [0.2, 0.25) is 0 Å². The molecule has 2 heterocycles. The van der Waals surface area contributed by atoms with Crippen molar-refractivity contribution in [1.82, 2.24) is 9.47 Å². The quantitative estimate of drug-likeness (QED) is 0.133. The molecule has 2 unspecified atom stereocenters. The summed E-state index contributed by atoms with van der Waals surface area (Å²) < 4.78 is 42.1. The number of carbonyl (C=O) groups excluding carboxylic acids is 3. The van der Waals surface area contributed by atoms with Crippen molar-refractivity contribution in [2.24, 2.45) is 0 Å². The zero-order valence-electron chi connectivity index (χ0n) is 28.4. The summed E-state index contributed by atoms with van der Waals surface area (Å²) in [6, 6.07) is 5.41. The van der Waals surface area contributed by atoms with Gasteiger partial charge in [-0.05, 0) is 50.7 Å². The van der Waals surface area contributed by atoms with Crippen molar-refractivity contribution in [2.75, 3.05) is 44.5 Å². The van der Waals surface area contributed by atoms with Gasteiger partial charge in [0.15, 0.2) is 11.6 Å². The number of rotatable bonds is 11. The summed E-state index contributed by atoms with van der Waals surface area (Å²) in [5.74, 6) is -2.51. The molecule has 1 saturated carbocycles. The van der Waals surface area contributed by atoms with Gasteiger partial charge in [0.25, 0.3) is 0 Å². The monoisotopic (exact) mass is 697 g/mol. The van der Waals surface area contributed by atoms with E-state index in [0.29, 0.717) is 22.7 Å². The first-order valence-electron chi connectivity index (χ1n) is 16.1. The Morgan fingerprint density at radius 1 is 1.16 bits per heavy atom. The number of pyridine rings is 1. The summed E-state index contributed by atoms with van der Waals surface area (Å²) in [7, 11) is -1.66. The Hall–Kier alpha value is -4.51. The number of ether oxygens (including phenoxy) is 2. The minimum Gasteiger partial charge on any atom is -0.492 e. The van der Waals surface area contributed by atoms with Gasteiger partial charge < -0.3 is 38.3 Å². The summed E-state index contributed by atoms with van der Waals surface area (Å²) in [5.41, 5.74) is -1.14. The number of anilines is 1. The average Bonchev–Trinajstić information content (AvgIpc) is 3.85. The number of methoxy groups -OCH3 is 1. The Morgan fingerprint density at radius 2 is 1.86 bits per heavy atom. The molecule has 2 aliphatic rings. The van der Waals surface area contributed by atoms with Crippen molar-refractivity contribution in [2.45, 2.75) is 64.5 Å². The first kappa shape index (κ1) is 35.8. The van der Waals surface area contributed by atoms with E-state index < -0.39 is 41.3 Å². The van der Waals surface area contributed by atoms with Crippen LogP contribution in [0, 0.1) is 5.82 Å². The molecule has 262 valence electrons. The van der Waals surface area contributed by atoms with Crippen LogP contribution in [0.1, 0.15) is 68.9 Å². The topological polar surface area (TPSA) is 153 Å². The molecular formula is C35H41FN3O9P. The fourth-order valence-electron chi connectivity index (χ4n) is 6.66. The average molecular weight is 698 g/mol. The molecule has 1 aromatic heterocycles. The van der Waals surface area contributed by atoms with E-state index in [1.807, 2.05) is 20.8 Å². The third-order valence-electron chi connectivity index (χ3n) is 9.35. The van der Waals surface area contributed by atoms with Crippen LogP contribution >= 0.6 is 7.14 Å². The predicted molar refractivity (Wildman–Crippen MR) is 183 cm³/mol. The third kappa shape index (κ3) is 6.99. The number of esters is 1. The molecule has 1 aliphatic carbocycles. The van der Waals surface area contributed by atoms with Gasteiger partial charge in [0.05, 0.1) is 24.2 Å². The van der Waals surface area contributed by atoms with Gasteiger partial charge in [-0.15, -0.1) is 0 Å². The number of piperazine rings is 1. The van der Waals surface area contributed by atoms with Gasteiger partial charge in [-0.25, -0.2) is 9.18 Å². The molecule has 5 rings (SSSR count). The van der Waals surface area contributed by atoms with E-state index in [1.54, 1.807) is 26.5 Å². The smallest absolute Gasteiger partial charge is 0.341 e. The number of hydrogen-bond donors (Lipinski definition) is 1. The Balaban J connectivity index is 1.43. The molecular weight excluding hydrogens is 656 g/mol. The van der Waals surface area contributed by atoms with Crippen LogP contribution in [-0.2, 0) is 24.4 Å². The number of carboxylic acid groups (broad SMARTS) is 1. The predicted octanol–water partition coefficient (Wildman–Crippen LogP) is 4.33. The number of carbonyl (C=O) groups is 4. The number of nitrogens with zero attached hydrogens (tertiary/aromatic N) is 3. The van der Waals surface area contributed by atoms with E-state index in [-0.39, 0.29) is 72.8 Å². The lowest BCUT2D eigenvalue weighted by atomic mass is 9.80. The summed E-state index contributed by atoms with van der Waals surface area (Å²) in [6.45, 7) is 8.99. The molecule has 1 amide bonds. The molecule has 2 atom stereocenters. The number of carboxylic acids is 1. The highest BCUT2D eigenvalue weighted by Crippen LogP contribution is 2.45. The molecule has 2 fully saturated rings. The molecule has 14 heteroatoms. The number of aldehydes is 1. The molecule has 1 aliphatic heterocycles. The van der Waals surface area contributed by atoms with E-state index in [4.69, 9.17) is 9.47 Å². The minimum atomic E-state index is -3.04. The zero-order chi connectivity index (χ0) is 36.0. The first-order chi connectivity index (χ1) is 23.0. The second kappa shape index (κ2) is 13.4. The number of aromatic nitrogens is 1. The number of fused-ring (bicyclic) bond motifs is 1. The highest BCUT2D eigenvalue weighted by Gasteiger charge is 2.37. The van der Waals surface area contributed by atoms with Gasteiger partial charge in [-0.2, -0.15) is 0 Å². The van der Waals surface area contributed by atoms with Crippen LogP contribution in [0.4, 0.5) is 10.1 Å². The van der Waals surface area contributed by atoms with Crippen LogP contribution in [0.15, 0.2) is 35.3 Å². The Kier molecular flexibility index (Phi) is 9.80. The van der Waals surface area contributed by atoms with E-state index in [2.05, 4.69) is 0 Å². The van der Waals surface area contributed by atoms with Crippen LogP contribution in [0.3, 0.4) is 0 Å². The lowest BCUT2D eigenvalue weighted by molar-refractivity contribution is -0.134. The molecule has 3 aromatic rings. The van der Waals surface area contributed by atoms with Crippen molar-refractivity contribution in [1.29, 1.82) is 0 Å². The van der Waals surface area contributed by atoms with Crippen molar-refractivity contribution in [3.63, 3.8) is 0 Å². The van der Waals surface area contributed by atoms with Crippen LogP contribution in [0.5, 0.6) is 11.5 Å². The maximum Gasteiger partial charge on any atom is 0.341 e. The number of amides is 1. The van der Waals surface area contributed by atoms with Crippen LogP contribution in [0.25, 0.3) is 10.9 Å². The maximum absolute atomic E-state index is 15.9. The van der Waals surface area contributed by atoms with Crippen molar-refractivity contribution in [3.05, 3.63) is 57.6 Å². The molecule has 1 N–H and O–H groups in total. The number of hydrogen-bond acceptors (Lipinski definition) is 9. The second-order valence-electron chi connectivity index (χ2n) is 13.6. The number of aromatic carboxylic acids is 1. The van der Waals surface area contributed by atoms with Gasteiger partial charge in [0, 0.05) is 67.5 Å². The fraction of sp³-hybridized carbons (Fsp3) is 0.457. The third-order valence-corrected chi connectivity index (χ3v) is 11.6. The maximum atomic E-state index is 15.9. The molecule has 0 radical (unpaired) electrons. The van der Waals surface area contributed by atoms with E-state index in [1.165, 1.54) is 33.0 Å². The standard InChI is InChI=1S/C35H41FN3O9P/c1-20-18-37(31-27(36)16-24-30(33(31)47-5)39(22-7-8-22)19-25(32(24)43)34(44)45)11-12-38(20)29(42)17-35(3,4)26-15-23(49(6,46)14-13-40)9-10-28(26)48-21(2)41/h9-10,13,15-16,19-20,22H,7-8,11-12,14,17-18H2,1-6H3,(H,44,45). The van der Waals surface area contributed by atoms with E-state index in [0.717, 1.165) is 18.9 Å². The molecule has 1 saturated heterocycles. The summed E-state index contributed by atoms with van der Waals surface area (Å²) in [5, 5.41) is 9.99. The van der Waals surface area contributed by atoms with Gasteiger partial charge in [-0.3, -0.25) is 14.4 Å². The molecule has 0 spiro atoms. The van der Waals surface area contributed by atoms with E-state index in [9.17, 15) is 33.6 Å². The lowest BCUT2D eigenvalue weighted by Crippen LogP contribution is -2.55. The van der Waals surface area contributed by atoms with Gasteiger partial charge >= 0.3 is 11.9 Å². The highest BCUT2D eigenvalue weighted by molar-refractivity contribution is 7.71. The number of benzene rings is 2. The second-order valence-corrected chi connectivity index (χ2v) is 16.7. The molecule has 0 bridgehead atoms. The van der Waals surface area contributed by atoms with Crippen molar-refractivity contribution >= 4 is 53.2 Å². The van der Waals surface area contributed by atoms with E-state index >= 15 is 4.39 Å². The SMILES string of the molecule is COc1c(N2CCN(C(=O)CC(C)(C)c3cc(P(C)(=O)CC=O)ccc3OC(C)=O)C(C)C2)c(F)cc2c(=O)c(C(=O)O)cn(C3CC3)c12. The largest absolute Gasteiger partial charge is 0.492 e. The highest BCUT2D eigenvalue weighted by atomic mass is 31.2. The van der Waals surface area contributed by atoms with Gasteiger partial charge in [-0.1, -0.05) is 13.8 Å². The lowest BCUT2D eigenvalue weighted by Gasteiger charge is -2.42. The van der Waals surface area contributed by atoms with Crippen LogP contribution < -0.4 is 25.1 Å². The first-order valence-corrected chi connectivity index (χ1v) is 18.4. The number of halogens is 1. The summed E-state index contributed by atoms with van der Waals surface area (Å²) in [6.07, 6.45) is 3.33. The Labute approximate surface area is 283 Å². The zero-order valence-corrected chi connectivity index (χ0v) is 29.3. The molecule has 2 aromatic carbocycles.